The summed E-state index contributed by atoms with van der Waals surface area (Å²) in [5.74, 6) is 2.94. The summed E-state index contributed by atoms with van der Waals surface area (Å²) in [6, 6.07) is 6.55. The van der Waals surface area contributed by atoms with Crippen molar-refractivity contribution in [1.29, 1.82) is 0 Å². The van der Waals surface area contributed by atoms with E-state index in [2.05, 4.69) is 9.97 Å². The lowest BCUT2D eigenvalue weighted by Gasteiger charge is -2.34. The second-order valence-electron chi connectivity index (χ2n) is 6.74. The van der Waals surface area contributed by atoms with E-state index in [4.69, 9.17) is 14.2 Å². The number of anilines is 1. The van der Waals surface area contributed by atoms with Crippen LogP contribution in [0.4, 0.5) is 5.82 Å². The summed E-state index contributed by atoms with van der Waals surface area (Å²) in [6.07, 6.45) is 0. The number of sulfonamides is 1. The molecule has 0 atom stereocenters. The van der Waals surface area contributed by atoms with Crippen LogP contribution in [0.15, 0.2) is 29.2 Å². The van der Waals surface area contributed by atoms with Crippen LogP contribution in [0.5, 0.6) is 17.4 Å². The number of nitrogens with zero attached hydrogens (tertiary/aromatic N) is 4. The molecule has 0 N–H and O–H groups in total. The van der Waals surface area contributed by atoms with E-state index < -0.39 is 10.0 Å². The average Bonchev–Trinajstić information content (AvgIpc) is 2.73. The molecule has 1 aromatic carbocycles. The fourth-order valence-electron chi connectivity index (χ4n) is 3.40. The minimum absolute atomic E-state index is 0.215. The topological polar surface area (TPSA) is 94.1 Å². The Balaban J connectivity index is 1.48. The maximum Gasteiger partial charge on any atom is 0.243 e. The third-order valence-electron chi connectivity index (χ3n) is 4.81. The van der Waals surface area contributed by atoms with Crippen LogP contribution in [0.25, 0.3) is 0 Å². The molecule has 0 spiro atoms. The first-order valence-electron chi connectivity index (χ1n) is 9.60. The first kappa shape index (κ1) is 19.7. The fraction of sp³-hybridized carbons (Fsp3) is 0.474. The van der Waals surface area contributed by atoms with E-state index in [1.165, 1.54) is 4.31 Å². The average molecular weight is 420 g/mol. The third kappa shape index (κ3) is 4.08. The predicted octanol–water partition coefficient (Wildman–Crippen LogP) is 1.47. The van der Waals surface area contributed by atoms with Gasteiger partial charge in [0.2, 0.25) is 15.9 Å². The number of rotatable bonds is 5. The van der Waals surface area contributed by atoms with Crippen molar-refractivity contribution in [2.75, 3.05) is 50.9 Å². The Labute approximate surface area is 170 Å². The van der Waals surface area contributed by atoms with Gasteiger partial charge in [-0.2, -0.15) is 9.29 Å². The molecule has 0 saturated carbocycles. The van der Waals surface area contributed by atoms with Crippen LogP contribution >= 0.6 is 0 Å². The number of piperazine rings is 1. The molecule has 29 heavy (non-hydrogen) atoms. The zero-order chi connectivity index (χ0) is 20.4. The van der Waals surface area contributed by atoms with Crippen molar-refractivity contribution in [3.8, 4) is 17.4 Å². The molecule has 156 valence electrons. The third-order valence-corrected chi connectivity index (χ3v) is 6.70. The first-order chi connectivity index (χ1) is 14.0. The van der Waals surface area contributed by atoms with Crippen LogP contribution in [0, 0.1) is 6.92 Å². The van der Waals surface area contributed by atoms with Gasteiger partial charge in [0.25, 0.3) is 0 Å². The zero-order valence-corrected chi connectivity index (χ0v) is 17.3. The van der Waals surface area contributed by atoms with Crippen molar-refractivity contribution < 1.29 is 22.6 Å². The summed E-state index contributed by atoms with van der Waals surface area (Å²) in [5.41, 5.74) is 0. The zero-order valence-electron chi connectivity index (χ0n) is 16.5. The van der Waals surface area contributed by atoms with E-state index in [0.29, 0.717) is 69.2 Å². The quantitative estimate of drug-likeness (QED) is 0.718. The van der Waals surface area contributed by atoms with E-state index in [1.807, 2.05) is 18.7 Å². The highest BCUT2D eigenvalue weighted by Crippen LogP contribution is 2.33. The largest absolute Gasteiger partial charge is 0.486 e. The highest BCUT2D eigenvalue weighted by atomic mass is 32.2. The first-order valence-corrected chi connectivity index (χ1v) is 11.0. The van der Waals surface area contributed by atoms with Gasteiger partial charge in [-0.1, -0.05) is 0 Å². The molecule has 2 aliphatic rings. The molecule has 4 rings (SSSR count). The number of hydrogen-bond acceptors (Lipinski definition) is 8. The maximum absolute atomic E-state index is 13.1. The Morgan fingerprint density at radius 2 is 1.76 bits per heavy atom. The Bertz CT molecular complexity index is 990. The van der Waals surface area contributed by atoms with Crippen LogP contribution in [0.3, 0.4) is 0 Å². The minimum atomic E-state index is -3.61. The SMILES string of the molecule is CCOc1cc(N2CCN(S(=O)(=O)c3ccc4c(c3)OCCO4)CC2)nc(C)n1. The Hall–Kier alpha value is -2.59. The molecule has 2 aliphatic heterocycles. The maximum atomic E-state index is 13.1. The molecule has 3 heterocycles. The van der Waals surface area contributed by atoms with Crippen LogP contribution in [-0.4, -0.2) is 68.7 Å². The lowest BCUT2D eigenvalue weighted by Crippen LogP contribution is -2.49. The van der Waals surface area contributed by atoms with Gasteiger partial charge in [-0.15, -0.1) is 0 Å². The number of aryl methyl sites for hydroxylation is 1. The lowest BCUT2D eigenvalue weighted by atomic mass is 10.3. The molecular formula is C19H24N4O5S. The van der Waals surface area contributed by atoms with Gasteiger partial charge in [-0.05, 0) is 26.0 Å². The summed E-state index contributed by atoms with van der Waals surface area (Å²) in [4.78, 5) is 11.0. The smallest absolute Gasteiger partial charge is 0.243 e. The monoisotopic (exact) mass is 420 g/mol. The van der Waals surface area contributed by atoms with Crippen molar-refractivity contribution in [3.05, 3.63) is 30.1 Å². The van der Waals surface area contributed by atoms with Crippen molar-refractivity contribution in [2.24, 2.45) is 0 Å². The standard InChI is InChI=1S/C19H24N4O5S/c1-3-26-19-13-18(20-14(2)21-19)22-6-8-23(9-7-22)29(24,25)15-4-5-16-17(12-15)28-11-10-27-16/h4-5,12-13H,3,6-11H2,1-2H3. The molecule has 0 amide bonds. The number of benzene rings is 1. The van der Waals surface area contributed by atoms with Gasteiger partial charge in [0, 0.05) is 38.3 Å². The summed E-state index contributed by atoms with van der Waals surface area (Å²) in [5, 5.41) is 0. The number of fused-ring (bicyclic) bond motifs is 1. The second kappa shape index (κ2) is 8.03. The van der Waals surface area contributed by atoms with Crippen LogP contribution in [0.2, 0.25) is 0 Å². The van der Waals surface area contributed by atoms with Crippen molar-refractivity contribution >= 4 is 15.8 Å². The van der Waals surface area contributed by atoms with Gasteiger partial charge in [-0.25, -0.2) is 13.4 Å². The molecule has 1 fully saturated rings. The van der Waals surface area contributed by atoms with Crippen LogP contribution < -0.4 is 19.1 Å². The summed E-state index contributed by atoms with van der Waals surface area (Å²) < 4.78 is 44.1. The Morgan fingerprint density at radius 3 is 2.48 bits per heavy atom. The molecule has 0 radical (unpaired) electrons. The molecule has 1 aromatic heterocycles. The lowest BCUT2D eigenvalue weighted by molar-refractivity contribution is 0.171. The highest BCUT2D eigenvalue weighted by molar-refractivity contribution is 7.89. The van der Waals surface area contributed by atoms with Gasteiger partial charge in [0.15, 0.2) is 11.5 Å². The minimum Gasteiger partial charge on any atom is -0.486 e. The summed E-state index contributed by atoms with van der Waals surface area (Å²) >= 11 is 0. The normalized spacial score (nSPS) is 17.2. The summed E-state index contributed by atoms with van der Waals surface area (Å²) in [7, 11) is -3.61. The highest BCUT2D eigenvalue weighted by Gasteiger charge is 2.30. The van der Waals surface area contributed by atoms with Gasteiger partial charge in [-0.3, -0.25) is 0 Å². The van der Waals surface area contributed by atoms with E-state index in [9.17, 15) is 8.42 Å². The van der Waals surface area contributed by atoms with Crippen LogP contribution in [0.1, 0.15) is 12.7 Å². The summed E-state index contributed by atoms with van der Waals surface area (Å²) in [6.45, 7) is 6.92. The van der Waals surface area contributed by atoms with Crippen LogP contribution in [-0.2, 0) is 10.0 Å². The van der Waals surface area contributed by atoms with Crippen molar-refractivity contribution in [3.63, 3.8) is 0 Å². The molecule has 1 saturated heterocycles. The molecule has 0 aliphatic carbocycles. The van der Waals surface area contributed by atoms with E-state index in [-0.39, 0.29) is 4.90 Å². The van der Waals surface area contributed by atoms with E-state index in [1.54, 1.807) is 24.3 Å². The Kier molecular flexibility index (Phi) is 5.46. The van der Waals surface area contributed by atoms with E-state index in [0.717, 1.165) is 5.82 Å². The van der Waals surface area contributed by atoms with E-state index >= 15 is 0 Å². The molecule has 10 heteroatoms. The van der Waals surface area contributed by atoms with Gasteiger partial charge >= 0.3 is 0 Å². The molecule has 9 nitrogen and oxygen atoms in total. The molecule has 0 bridgehead atoms. The predicted molar refractivity (Wildman–Crippen MR) is 106 cm³/mol. The van der Waals surface area contributed by atoms with Gasteiger partial charge < -0.3 is 19.1 Å². The van der Waals surface area contributed by atoms with Gasteiger partial charge in [0.1, 0.15) is 24.9 Å². The van der Waals surface area contributed by atoms with Gasteiger partial charge in [0.05, 0.1) is 11.5 Å². The number of aromatic nitrogens is 2. The molecular weight excluding hydrogens is 396 g/mol. The van der Waals surface area contributed by atoms with Crippen molar-refractivity contribution in [1.82, 2.24) is 14.3 Å². The second-order valence-corrected chi connectivity index (χ2v) is 8.68. The Morgan fingerprint density at radius 1 is 1.03 bits per heavy atom. The van der Waals surface area contributed by atoms with Crippen molar-refractivity contribution in [2.45, 2.75) is 18.7 Å². The molecule has 0 unspecified atom stereocenters. The molecule has 2 aromatic rings. The number of ether oxygens (including phenoxy) is 3. The number of hydrogen-bond donors (Lipinski definition) is 0. The fourth-order valence-corrected chi connectivity index (χ4v) is 4.84.